The Morgan fingerprint density at radius 3 is 2.75 bits per heavy atom. The fourth-order valence-electron chi connectivity index (χ4n) is 3.00. The molecule has 20 heavy (non-hydrogen) atoms. The van der Waals surface area contributed by atoms with Crippen molar-refractivity contribution in [3.05, 3.63) is 34.3 Å². The molecule has 1 aromatic rings. The summed E-state index contributed by atoms with van der Waals surface area (Å²) in [4.78, 5) is 0. The molecule has 2 nitrogen and oxygen atoms in total. The van der Waals surface area contributed by atoms with Gasteiger partial charge < -0.3 is 10.5 Å². The molecule has 2 N–H and O–H groups in total. The third-order valence-electron chi connectivity index (χ3n) is 4.39. The molecule has 3 heteroatoms. The third-order valence-corrected chi connectivity index (χ3v) is 4.88. The van der Waals surface area contributed by atoms with Crippen LogP contribution in [-0.2, 0) is 4.74 Å². The first-order valence-electron chi connectivity index (χ1n) is 7.78. The van der Waals surface area contributed by atoms with E-state index >= 15 is 0 Å². The van der Waals surface area contributed by atoms with Gasteiger partial charge in [0.15, 0.2) is 0 Å². The van der Waals surface area contributed by atoms with Crippen LogP contribution in [0, 0.1) is 5.92 Å². The van der Waals surface area contributed by atoms with E-state index in [-0.39, 0.29) is 12.1 Å². The highest BCUT2D eigenvalue weighted by Crippen LogP contribution is 2.33. The van der Waals surface area contributed by atoms with Crippen molar-refractivity contribution in [3.8, 4) is 0 Å². The summed E-state index contributed by atoms with van der Waals surface area (Å²) in [7, 11) is 0. The van der Waals surface area contributed by atoms with Crippen molar-refractivity contribution in [2.45, 2.75) is 64.2 Å². The molecule has 0 amide bonds. The lowest BCUT2D eigenvalue weighted by atomic mass is 9.87. The van der Waals surface area contributed by atoms with Crippen molar-refractivity contribution >= 4 is 15.9 Å². The van der Waals surface area contributed by atoms with Crippen LogP contribution >= 0.6 is 15.9 Å². The van der Waals surface area contributed by atoms with E-state index in [9.17, 15) is 0 Å². The van der Waals surface area contributed by atoms with E-state index in [4.69, 9.17) is 10.5 Å². The molecule has 0 heterocycles. The summed E-state index contributed by atoms with van der Waals surface area (Å²) in [6.07, 6.45) is 6.34. The summed E-state index contributed by atoms with van der Waals surface area (Å²) >= 11 is 3.54. The number of benzene rings is 1. The van der Waals surface area contributed by atoms with E-state index in [2.05, 4.69) is 48.0 Å². The van der Waals surface area contributed by atoms with Crippen LogP contribution in [-0.4, -0.2) is 12.1 Å². The standard InChI is InChI=1S/C17H26BrNO/c1-3-15(19)17(13-8-6-9-14(18)11-13)20-16-10-5-4-7-12(16)2/h6,8-9,11-12,15-17H,3-5,7,10,19H2,1-2H3. The summed E-state index contributed by atoms with van der Waals surface area (Å²) in [5.74, 6) is 0.641. The number of halogens is 1. The Kier molecular flexibility index (Phi) is 6.06. The Hall–Kier alpha value is -0.380. The molecule has 1 aliphatic carbocycles. The lowest BCUT2D eigenvalue weighted by molar-refractivity contribution is -0.0677. The van der Waals surface area contributed by atoms with Crippen molar-refractivity contribution in [1.29, 1.82) is 0 Å². The minimum absolute atomic E-state index is 0.00282. The van der Waals surface area contributed by atoms with Gasteiger partial charge in [-0.1, -0.05) is 54.8 Å². The third kappa shape index (κ3) is 4.06. The van der Waals surface area contributed by atoms with Gasteiger partial charge in [0.05, 0.1) is 12.2 Å². The molecule has 0 aliphatic heterocycles. The lowest BCUT2D eigenvalue weighted by Crippen LogP contribution is -2.35. The predicted molar refractivity (Wildman–Crippen MR) is 87.7 cm³/mol. The van der Waals surface area contributed by atoms with E-state index in [1.807, 2.05) is 6.07 Å². The van der Waals surface area contributed by atoms with Crippen molar-refractivity contribution in [2.24, 2.45) is 11.7 Å². The van der Waals surface area contributed by atoms with Crippen molar-refractivity contribution < 1.29 is 4.74 Å². The molecule has 0 spiro atoms. The van der Waals surface area contributed by atoms with E-state index in [1.54, 1.807) is 0 Å². The summed E-state index contributed by atoms with van der Waals surface area (Å²) in [6, 6.07) is 8.41. The maximum atomic E-state index is 6.45. The van der Waals surface area contributed by atoms with E-state index < -0.39 is 0 Å². The molecule has 0 aromatic heterocycles. The summed E-state index contributed by atoms with van der Waals surface area (Å²) in [5.41, 5.74) is 7.51. The van der Waals surface area contributed by atoms with Crippen molar-refractivity contribution in [1.82, 2.24) is 0 Å². The maximum absolute atomic E-state index is 6.45. The molecule has 1 aromatic carbocycles. The maximum Gasteiger partial charge on any atom is 0.0979 e. The van der Waals surface area contributed by atoms with Crippen LogP contribution in [0.15, 0.2) is 28.7 Å². The topological polar surface area (TPSA) is 35.2 Å². The molecule has 112 valence electrons. The Bertz CT molecular complexity index is 423. The Morgan fingerprint density at radius 2 is 2.10 bits per heavy atom. The number of ether oxygens (including phenoxy) is 1. The smallest absolute Gasteiger partial charge is 0.0979 e. The van der Waals surface area contributed by atoms with Crippen molar-refractivity contribution in [3.63, 3.8) is 0 Å². The Morgan fingerprint density at radius 1 is 1.35 bits per heavy atom. The molecular formula is C17H26BrNO. The van der Waals surface area contributed by atoms with E-state index in [1.165, 1.54) is 31.2 Å². The van der Waals surface area contributed by atoms with Crippen LogP contribution in [0.3, 0.4) is 0 Å². The second-order valence-electron chi connectivity index (χ2n) is 5.98. The molecule has 1 saturated carbocycles. The van der Waals surface area contributed by atoms with Crippen LogP contribution < -0.4 is 5.73 Å². The zero-order chi connectivity index (χ0) is 14.5. The normalized spacial score (nSPS) is 26.2. The van der Waals surface area contributed by atoms with Crippen LogP contribution in [0.2, 0.25) is 0 Å². The van der Waals surface area contributed by atoms with Gasteiger partial charge in [0.2, 0.25) is 0 Å². The summed E-state index contributed by atoms with van der Waals surface area (Å²) < 4.78 is 7.54. The van der Waals surface area contributed by atoms with Gasteiger partial charge in [0, 0.05) is 10.5 Å². The quantitative estimate of drug-likeness (QED) is 0.834. The molecule has 4 atom stereocenters. The van der Waals surface area contributed by atoms with E-state index in [0.717, 1.165) is 10.9 Å². The first-order valence-corrected chi connectivity index (χ1v) is 8.57. The number of hydrogen-bond donors (Lipinski definition) is 1. The molecule has 1 aliphatic rings. The molecule has 1 fully saturated rings. The minimum Gasteiger partial charge on any atom is -0.368 e. The summed E-state index contributed by atoms with van der Waals surface area (Å²) in [6.45, 7) is 4.43. The van der Waals surface area contributed by atoms with Gasteiger partial charge in [-0.25, -0.2) is 0 Å². The largest absolute Gasteiger partial charge is 0.368 e. The van der Waals surface area contributed by atoms with Gasteiger partial charge in [-0.3, -0.25) is 0 Å². The van der Waals surface area contributed by atoms with Crippen LogP contribution in [0.5, 0.6) is 0 Å². The molecule has 0 radical (unpaired) electrons. The SMILES string of the molecule is CCC(N)C(OC1CCCCC1C)c1cccc(Br)c1. The monoisotopic (exact) mass is 339 g/mol. The van der Waals surface area contributed by atoms with Gasteiger partial charge in [-0.2, -0.15) is 0 Å². The fraction of sp³-hybridized carbons (Fsp3) is 0.647. The molecule has 2 rings (SSSR count). The number of rotatable bonds is 5. The Labute approximate surface area is 131 Å². The van der Waals surface area contributed by atoms with Gasteiger partial charge >= 0.3 is 0 Å². The average molecular weight is 340 g/mol. The zero-order valence-electron chi connectivity index (χ0n) is 12.5. The van der Waals surface area contributed by atoms with Gasteiger partial charge in [-0.05, 0) is 42.9 Å². The van der Waals surface area contributed by atoms with Crippen molar-refractivity contribution in [2.75, 3.05) is 0 Å². The van der Waals surface area contributed by atoms with Gasteiger partial charge in [-0.15, -0.1) is 0 Å². The van der Waals surface area contributed by atoms with Crippen LogP contribution in [0.4, 0.5) is 0 Å². The van der Waals surface area contributed by atoms with Gasteiger partial charge in [0.25, 0.3) is 0 Å². The number of nitrogens with two attached hydrogens (primary N) is 1. The highest BCUT2D eigenvalue weighted by atomic mass is 79.9. The first kappa shape index (κ1) is 16.0. The predicted octanol–water partition coefficient (Wildman–Crippen LogP) is 4.82. The average Bonchev–Trinajstić information content (AvgIpc) is 2.45. The first-order chi connectivity index (χ1) is 9.61. The van der Waals surface area contributed by atoms with Crippen LogP contribution in [0.25, 0.3) is 0 Å². The van der Waals surface area contributed by atoms with Gasteiger partial charge in [0.1, 0.15) is 0 Å². The number of hydrogen-bond acceptors (Lipinski definition) is 2. The highest BCUT2D eigenvalue weighted by molar-refractivity contribution is 9.10. The fourth-order valence-corrected chi connectivity index (χ4v) is 3.41. The molecule has 0 bridgehead atoms. The zero-order valence-corrected chi connectivity index (χ0v) is 14.1. The molecular weight excluding hydrogens is 314 g/mol. The van der Waals surface area contributed by atoms with E-state index in [0.29, 0.717) is 12.0 Å². The lowest BCUT2D eigenvalue weighted by Gasteiger charge is -2.34. The molecule has 4 unspecified atom stereocenters. The minimum atomic E-state index is 0.00282. The second-order valence-corrected chi connectivity index (χ2v) is 6.90. The highest BCUT2D eigenvalue weighted by Gasteiger charge is 2.28. The Balaban J connectivity index is 2.15. The second kappa shape index (κ2) is 7.58. The summed E-state index contributed by atoms with van der Waals surface area (Å²) in [5, 5.41) is 0. The molecule has 0 saturated heterocycles. The van der Waals surface area contributed by atoms with Crippen LogP contribution in [0.1, 0.15) is 57.6 Å².